The normalized spacial score (nSPS) is 13.4. The van der Waals surface area contributed by atoms with Crippen LogP contribution >= 0.6 is 0 Å². The molecule has 0 aromatic heterocycles. The Morgan fingerprint density at radius 1 is 1.31 bits per heavy atom. The van der Waals surface area contributed by atoms with E-state index < -0.39 is 0 Å². The van der Waals surface area contributed by atoms with Gasteiger partial charge in [0.15, 0.2) is 0 Å². The summed E-state index contributed by atoms with van der Waals surface area (Å²) >= 11 is 0. The fourth-order valence-electron chi connectivity index (χ4n) is 1.66. The predicted octanol–water partition coefficient (Wildman–Crippen LogP) is 1.44. The van der Waals surface area contributed by atoms with E-state index in [9.17, 15) is 0 Å². The lowest BCUT2D eigenvalue weighted by molar-refractivity contribution is 0.379. The summed E-state index contributed by atoms with van der Waals surface area (Å²) in [6.45, 7) is 8.79. The molecule has 5 radical (unpaired) electrons. The zero-order valence-electron chi connectivity index (χ0n) is 8.96. The van der Waals surface area contributed by atoms with Crippen LogP contribution < -0.4 is 5.73 Å². The summed E-state index contributed by atoms with van der Waals surface area (Å²) in [5.41, 5.74) is 6.85. The predicted molar refractivity (Wildman–Crippen MR) is 61.1 cm³/mol. The lowest BCUT2D eigenvalue weighted by Gasteiger charge is -2.24. The minimum Gasteiger partial charge on any atom is -0.388 e. The van der Waals surface area contributed by atoms with Crippen LogP contribution in [0.25, 0.3) is 0 Å². The highest BCUT2D eigenvalue weighted by Gasteiger charge is 2.20. The van der Waals surface area contributed by atoms with Crippen molar-refractivity contribution in [2.24, 2.45) is 28.1 Å². The summed E-state index contributed by atoms with van der Waals surface area (Å²) < 4.78 is 4.36. The zero-order valence-corrected chi connectivity index (χ0v) is 11.0. The van der Waals surface area contributed by atoms with Gasteiger partial charge < -0.3 is 10.4 Å². The second-order valence-electron chi connectivity index (χ2n) is 3.89. The van der Waals surface area contributed by atoms with Crippen LogP contribution in [-0.2, 0) is 0 Å². The molecule has 0 aromatic rings. The first-order valence-corrected chi connectivity index (χ1v) is 6.57. The standard InChI is InChI=1S/C9H19N2Si2/c1-6(2)8(7(3)4)9(10)11-13-5-12/h6-8H,5H2,1-4H3,(H2,10,11). The zero-order chi connectivity index (χ0) is 10.4. The molecule has 0 unspecified atom stereocenters. The third-order valence-electron chi connectivity index (χ3n) is 2.07. The Hall–Kier alpha value is -0.0962. The average molecular weight is 211 g/mol. The van der Waals surface area contributed by atoms with Gasteiger partial charge >= 0.3 is 0 Å². The quantitative estimate of drug-likeness (QED) is 0.417. The maximum atomic E-state index is 5.94. The van der Waals surface area contributed by atoms with Crippen LogP contribution in [0.1, 0.15) is 27.7 Å². The lowest BCUT2D eigenvalue weighted by Crippen LogP contribution is -2.32. The van der Waals surface area contributed by atoms with E-state index in [1.165, 1.54) is 0 Å². The summed E-state index contributed by atoms with van der Waals surface area (Å²) in [4.78, 5) is 0. The Kier molecular flexibility index (Phi) is 6.32. The van der Waals surface area contributed by atoms with Gasteiger partial charge in [-0.05, 0) is 17.5 Å². The summed E-state index contributed by atoms with van der Waals surface area (Å²) in [5.74, 6) is 2.39. The van der Waals surface area contributed by atoms with Crippen molar-refractivity contribution >= 4 is 25.8 Å². The van der Waals surface area contributed by atoms with Gasteiger partial charge in [-0.2, -0.15) is 0 Å². The molecule has 2 nitrogen and oxygen atoms in total. The summed E-state index contributed by atoms with van der Waals surface area (Å²) in [7, 11) is 3.95. The van der Waals surface area contributed by atoms with Crippen molar-refractivity contribution in [2.75, 3.05) is 0 Å². The largest absolute Gasteiger partial charge is 0.388 e. The lowest BCUT2D eigenvalue weighted by atomic mass is 9.85. The van der Waals surface area contributed by atoms with Gasteiger partial charge in [0, 0.05) is 16.2 Å². The average Bonchev–Trinajstić information content (AvgIpc) is 1.99. The van der Waals surface area contributed by atoms with Crippen LogP contribution in [0.15, 0.2) is 4.66 Å². The number of amidine groups is 1. The van der Waals surface area contributed by atoms with Gasteiger partial charge in [0.1, 0.15) is 0 Å². The Labute approximate surface area is 87.7 Å². The fourth-order valence-corrected chi connectivity index (χ4v) is 2.31. The summed E-state index contributed by atoms with van der Waals surface area (Å²) in [6, 6.07) is 0. The molecule has 13 heavy (non-hydrogen) atoms. The SMILES string of the molecule is CC(C)C(C(N)=N[Si]C[Si])C(C)C. The van der Waals surface area contributed by atoms with E-state index in [2.05, 4.69) is 42.6 Å². The molecule has 0 heterocycles. The van der Waals surface area contributed by atoms with E-state index in [4.69, 9.17) is 5.73 Å². The minimum absolute atomic E-state index is 0.422. The van der Waals surface area contributed by atoms with Crippen molar-refractivity contribution in [2.45, 2.75) is 33.4 Å². The van der Waals surface area contributed by atoms with Crippen LogP contribution in [0.3, 0.4) is 0 Å². The van der Waals surface area contributed by atoms with Gasteiger partial charge in [0.05, 0.1) is 5.84 Å². The second-order valence-corrected chi connectivity index (χ2v) is 5.84. The van der Waals surface area contributed by atoms with E-state index in [0.29, 0.717) is 27.4 Å². The van der Waals surface area contributed by atoms with E-state index in [1.807, 2.05) is 0 Å². The summed E-state index contributed by atoms with van der Waals surface area (Å²) in [6.07, 6.45) is 0. The molecule has 0 saturated heterocycles. The maximum absolute atomic E-state index is 5.94. The van der Waals surface area contributed by atoms with Gasteiger partial charge in [-0.25, -0.2) is 0 Å². The first-order valence-electron chi connectivity index (χ1n) is 4.71. The first-order chi connectivity index (χ1) is 6.00. The molecule has 0 aliphatic heterocycles. The monoisotopic (exact) mass is 211 g/mol. The van der Waals surface area contributed by atoms with E-state index in [1.54, 1.807) is 0 Å². The molecule has 4 heteroatoms. The Morgan fingerprint density at radius 2 is 1.77 bits per heavy atom. The van der Waals surface area contributed by atoms with Crippen molar-refractivity contribution in [3.63, 3.8) is 0 Å². The molecule has 0 aliphatic carbocycles. The highest BCUT2D eigenvalue weighted by Crippen LogP contribution is 2.20. The Balaban J connectivity index is 4.36. The van der Waals surface area contributed by atoms with Gasteiger partial charge in [0.25, 0.3) is 0 Å². The van der Waals surface area contributed by atoms with Crippen LogP contribution in [0.5, 0.6) is 0 Å². The van der Waals surface area contributed by atoms with Gasteiger partial charge in [-0.3, -0.25) is 0 Å². The van der Waals surface area contributed by atoms with Crippen LogP contribution in [-0.4, -0.2) is 25.8 Å². The molecule has 0 saturated carbocycles. The number of rotatable bonds is 5. The molecule has 0 fully saturated rings. The number of hydrogen-bond acceptors (Lipinski definition) is 1. The Bertz CT molecular complexity index is 159. The molecule has 0 atom stereocenters. The molecule has 0 aromatic carbocycles. The van der Waals surface area contributed by atoms with Crippen molar-refractivity contribution in [3.05, 3.63) is 0 Å². The third kappa shape index (κ3) is 4.62. The summed E-state index contributed by atoms with van der Waals surface area (Å²) in [5, 5.41) is 0. The smallest absolute Gasteiger partial charge is 0.208 e. The van der Waals surface area contributed by atoms with E-state index in [-0.39, 0.29) is 0 Å². The van der Waals surface area contributed by atoms with E-state index in [0.717, 1.165) is 11.5 Å². The molecule has 0 bridgehead atoms. The van der Waals surface area contributed by atoms with Crippen molar-refractivity contribution in [1.82, 2.24) is 0 Å². The maximum Gasteiger partial charge on any atom is 0.208 e. The number of nitrogens with zero attached hydrogens (tertiary/aromatic N) is 1. The van der Waals surface area contributed by atoms with Crippen LogP contribution in [0.4, 0.5) is 0 Å². The molecule has 0 rings (SSSR count). The van der Waals surface area contributed by atoms with Crippen molar-refractivity contribution in [1.29, 1.82) is 0 Å². The molecule has 0 spiro atoms. The molecule has 0 aliphatic rings. The fraction of sp³-hybridized carbons (Fsp3) is 0.889. The van der Waals surface area contributed by atoms with Crippen molar-refractivity contribution < 1.29 is 0 Å². The van der Waals surface area contributed by atoms with Gasteiger partial charge in [0.2, 0.25) is 9.68 Å². The van der Waals surface area contributed by atoms with Crippen molar-refractivity contribution in [3.8, 4) is 0 Å². The molecule has 2 N–H and O–H groups in total. The second kappa shape index (κ2) is 6.37. The van der Waals surface area contributed by atoms with E-state index >= 15 is 0 Å². The highest BCUT2D eigenvalue weighted by atomic mass is 28.3. The van der Waals surface area contributed by atoms with Crippen LogP contribution in [0.2, 0.25) is 5.67 Å². The number of hydrogen-bond donors (Lipinski definition) is 1. The first kappa shape index (κ1) is 12.9. The third-order valence-corrected chi connectivity index (χ3v) is 3.11. The molecule has 73 valence electrons. The van der Waals surface area contributed by atoms with Gasteiger partial charge in [-0.1, -0.05) is 27.7 Å². The molecular weight excluding hydrogens is 192 g/mol. The topological polar surface area (TPSA) is 38.4 Å². The Morgan fingerprint density at radius 3 is 2.08 bits per heavy atom. The molecular formula is C9H19N2Si2. The highest BCUT2D eigenvalue weighted by molar-refractivity contribution is 6.47. The minimum atomic E-state index is 0.422. The number of nitrogens with two attached hydrogens (primary N) is 1. The van der Waals surface area contributed by atoms with Crippen LogP contribution in [0, 0.1) is 17.8 Å². The molecule has 0 amide bonds. The van der Waals surface area contributed by atoms with Gasteiger partial charge in [-0.15, -0.1) is 0 Å².